The van der Waals surface area contributed by atoms with E-state index in [-0.39, 0.29) is 25.1 Å². The molecule has 0 amide bonds. The highest BCUT2D eigenvalue weighted by molar-refractivity contribution is 9.10. The molecule has 0 fully saturated rings. The van der Waals surface area contributed by atoms with Crippen molar-refractivity contribution < 1.29 is 0 Å². The van der Waals surface area contributed by atoms with E-state index in [0.29, 0.717) is 4.47 Å². The summed E-state index contributed by atoms with van der Waals surface area (Å²) in [5.74, 6) is 0. The molecule has 1 aromatic rings. The average molecular weight is 329 g/mol. The molecule has 0 bridgehead atoms. The van der Waals surface area contributed by atoms with Gasteiger partial charge >= 0.3 is 0 Å². The van der Waals surface area contributed by atoms with Gasteiger partial charge < -0.3 is 0 Å². The van der Waals surface area contributed by atoms with Crippen LogP contribution in [-0.4, -0.2) is 0 Å². The van der Waals surface area contributed by atoms with Crippen LogP contribution in [-0.2, 0) is 0 Å². The quantitative estimate of drug-likeness (QED) is 0.422. The Balaban J connectivity index is 3.60. The van der Waals surface area contributed by atoms with Crippen molar-refractivity contribution in [2.24, 2.45) is 0 Å². The molecule has 1 rings (SSSR count). The molecule has 1 aromatic carbocycles. The minimum atomic E-state index is 0.163. The molecular weight excluding hydrogens is 329 g/mol. The van der Waals surface area contributed by atoms with E-state index < -0.39 is 0 Å². The lowest BCUT2D eigenvalue weighted by Gasteiger charge is -2.06. The molecule has 12 heavy (non-hydrogen) atoms. The first-order chi connectivity index (χ1) is 5.46. The van der Waals surface area contributed by atoms with E-state index >= 15 is 0 Å². The van der Waals surface area contributed by atoms with Gasteiger partial charge in [-0.05, 0) is 15.9 Å². The number of hydrogen-bond acceptors (Lipinski definition) is 0. The monoisotopic (exact) mass is 326 g/mol. The summed E-state index contributed by atoms with van der Waals surface area (Å²) in [6, 6.07) is 0. The topological polar surface area (TPSA) is 0 Å². The van der Waals surface area contributed by atoms with Gasteiger partial charge in [0.25, 0.3) is 0 Å². The Hall–Kier alpha value is 1.15. The van der Waals surface area contributed by atoms with Crippen LogP contribution in [0.3, 0.4) is 0 Å². The summed E-state index contributed by atoms with van der Waals surface area (Å²) < 4.78 is 0.449. The number of hydrogen-bond donors (Lipinski definition) is 0. The van der Waals surface area contributed by atoms with Crippen LogP contribution in [0.5, 0.6) is 0 Å². The predicted molar refractivity (Wildman–Crippen MR) is 59.2 cm³/mol. The third-order valence-electron chi connectivity index (χ3n) is 1.16. The van der Waals surface area contributed by atoms with E-state index in [1.54, 1.807) is 0 Å². The Kier molecular flexibility index (Phi) is 3.85. The average Bonchev–Trinajstić information content (AvgIpc) is 2.08. The molecule has 0 aliphatic rings. The minimum Gasteiger partial charge on any atom is -0.0814 e. The molecule has 0 aliphatic carbocycles. The smallest absolute Gasteiger partial charge is 0.0809 e. The van der Waals surface area contributed by atoms with Crippen LogP contribution in [0.1, 0.15) is 0 Å². The maximum Gasteiger partial charge on any atom is 0.0809 e. The highest BCUT2D eigenvalue weighted by Gasteiger charge is 2.16. The van der Waals surface area contributed by atoms with E-state index in [1.807, 2.05) is 0 Å². The Morgan fingerprint density at radius 3 is 1.17 bits per heavy atom. The van der Waals surface area contributed by atoms with E-state index in [4.69, 9.17) is 58.0 Å². The fourth-order valence-electron chi connectivity index (χ4n) is 0.578. The molecule has 0 aliphatic heterocycles. The Morgan fingerprint density at radius 2 is 0.833 bits per heavy atom. The van der Waals surface area contributed by atoms with Crippen molar-refractivity contribution in [3.8, 4) is 0 Å². The van der Waals surface area contributed by atoms with E-state index in [1.165, 1.54) is 0 Å². The molecule has 0 saturated carbocycles. The van der Waals surface area contributed by atoms with Gasteiger partial charge in [-0.15, -0.1) is 0 Å². The molecule has 0 spiro atoms. The lowest BCUT2D eigenvalue weighted by molar-refractivity contribution is 1.64. The van der Waals surface area contributed by atoms with Crippen LogP contribution >= 0.6 is 73.9 Å². The summed E-state index contributed by atoms with van der Waals surface area (Å²) in [5.41, 5.74) is 0. The fraction of sp³-hybridized carbons (Fsp3) is 0. The fourth-order valence-corrected chi connectivity index (χ4v) is 2.34. The van der Waals surface area contributed by atoms with Crippen LogP contribution in [0.15, 0.2) is 4.47 Å². The van der Waals surface area contributed by atoms with Crippen molar-refractivity contribution in [3.63, 3.8) is 0 Å². The second-order valence-electron chi connectivity index (χ2n) is 1.88. The Morgan fingerprint density at radius 1 is 0.583 bits per heavy atom. The normalized spacial score (nSPS) is 10.5. The molecule has 0 N–H and O–H groups in total. The molecule has 66 valence electrons. The van der Waals surface area contributed by atoms with E-state index in [0.717, 1.165) is 0 Å². The van der Waals surface area contributed by atoms with Crippen molar-refractivity contribution in [2.75, 3.05) is 0 Å². The molecule has 0 heterocycles. The third-order valence-corrected chi connectivity index (χ3v) is 4.68. The summed E-state index contributed by atoms with van der Waals surface area (Å²) in [5, 5.41) is 1.07. The van der Waals surface area contributed by atoms with Gasteiger partial charge in [0.2, 0.25) is 0 Å². The molecule has 0 radical (unpaired) electrons. The molecule has 0 nitrogen and oxygen atoms in total. The van der Waals surface area contributed by atoms with E-state index in [9.17, 15) is 0 Å². The molecular formula is C6BrCl5. The van der Waals surface area contributed by atoms with Gasteiger partial charge in [0, 0.05) is 0 Å². The first-order valence-electron chi connectivity index (χ1n) is 2.63. The van der Waals surface area contributed by atoms with Gasteiger partial charge in [-0.3, -0.25) is 0 Å². The molecule has 0 aromatic heterocycles. The predicted octanol–water partition coefficient (Wildman–Crippen LogP) is 5.72. The summed E-state index contributed by atoms with van der Waals surface area (Å²) in [6.45, 7) is 0. The molecule has 0 atom stereocenters. The number of halogens is 6. The van der Waals surface area contributed by atoms with Crippen LogP contribution in [0.25, 0.3) is 0 Å². The number of rotatable bonds is 0. The molecule has 0 saturated heterocycles. The van der Waals surface area contributed by atoms with Gasteiger partial charge in [0.05, 0.1) is 29.6 Å². The highest BCUT2D eigenvalue weighted by Crippen LogP contribution is 2.46. The summed E-state index contributed by atoms with van der Waals surface area (Å²) >= 11 is 31.8. The van der Waals surface area contributed by atoms with Gasteiger partial charge in [0.15, 0.2) is 0 Å². The van der Waals surface area contributed by atoms with Crippen molar-refractivity contribution in [2.45, 2.75) is 0 Å². The second kappa shape index (κ2) is 4.12. The van der Waals surface area contributed by atoms with Crippen molar-refractivity contribution >= 4 is 73.9 Å². The maximum absolute atomic E-state index is 5.75. The van der Waals surface area contributed by atoms with Crippen LogP contribution in [0.4, 0.5) is 0 Å². The summed E-state index contributed by atoms with van der Waals surface area (Å²) in [4.78, 5) is 0. The highest BCUT2D eigenvalue weighted by atomic mass is 79.9. The zero-order valence-electron chi connectivity index (χ0n) is 5.27. The zero-order valence-corrected chi connectivity index (χ0v) is 10.6. The van der Waals surface area contributed by atoms with Crippen molar-refractivity contribution in [1.29, 1.82) is 0 Å². The standard InChI is InChI=1S/C6BrCl5/c7-1-2(8)4(10)6(12)5(11)3(1)9. The van der Waals surface area contributed by atoms with E-state index in [2.05, 4.69) is 15.9 Å². The second-order valence-corrected chi connectivity index (χ2v) is 4.57. The summed E-state index contributed by atoms with van der Waals surface area (Å²) in [6.07, 6.45) is 0. The first-order valence-corrected chi connectivity index (χ1v) is 5.32. The van der Waals surface area contributed by atoms with Crippen LogP contribution in [0.2, 0.25) is 25.1 Å². The summed E-state index contributed by atoms with van der Waals surface area (Å²) in [7, 11) is 0. The number of benzene rings is 1. The molecule has 6 heteroatoms. The maximum atomic E-state index is 5.75. The van der Waals surface area contributed by atoms with Crippen LogP contribution in [0, 0.1) is 0 Å². The SMILES string of the molecule is Clc1c(Cl)c(Cl)c(Br)c(Cl)c1Cl. The van der Waals surface area contributed by atoms with Gasteiger partial charge in [-0.2, -0.15) is 0 Å². The van der Waals surface area contributed by atoms with Crippen LogP contribution < -0.4 is 0 Å². The third kappa shape index (κ3) is 1.82. The minimum absolute atomic E-state index is 0.163. The van der Waals surface area contributed by atoms with Crippen molar-refractivity contribution in [1.82, 2.24) is 0 Å². The lowest BCUT2D eigenvalue weighted by Crippen LogP contribution is -1.79. The van der Waals surface area contributed by atoms with Crippen molar-refractivity contribution in [3.05, 3.63) is 29.6 Å². The van der Waals surface area contributed by atoms with Gasteiger partial charge in [0.1, 0.15) is 0 Å². The lowest BCUT2D eigenvalue weighted by atomic mass is 10.3. The first kappa shape index (κ1) is 11.2. The molecule has 0 unspecified atom stereocenters. The zero-order chi connectivity index (χ0) is 9.46. The largest absolute Gasteiger partial charge is 0.0814 e. The Labute approximate surface area is 103 Å². The Bertz CT molecular complexity index is 230. The van der Waals surface area contributed by atoms with Gasteiger partial charge in [-0.1, -0.05) is 58.0 Å². The van der Waals surface area contributed by atoms with Gasteiger partial charge in [-0.25, -0.2) is 0 Å².